The lowest BCUT2D eigenvalue weighted by atomic mass is 10.1. The van der Waals surface area contributed by atoms with E-state index in [0.29, 0.717) is 35.5 Å². The van der Waals surface area contributed by atoms with Crippen LogP contribution in [0.2, 0.25) is 5.02 Å². The molecule has 0 amide bonds. The van der Waals surface area contributed by atoms with Gasteiger partial charge in [-0.2, -0.15) is 13.9 Å². The summed E-state index contributed by atoms with van der Waals surface area (Å²) in [6, 6.07) is 12.3. The fourth-order valence-electron chi connectivity index (χ4n) is 2.75. The summed E-state index contributed by atoms with van der Waals surface area (Å²) in [6.07, 6.45) is 1.45. The highest BCUT2D eigenvalue weighted by molar-refractivity contribution is 6.30. The number of guanidine groups is 1. The number of benzene rings is 2. The van der Waals surface area contributed by atoms with Gasteiger partial charge in [0.1, 0.15) is 12.1 Å². The molecule has 0 unspecified atom stereocenters. The van der Waals surface area contributed by atoms with Crippen LogP contribution in [0.1, 0.15) is 18.1 Å². The van der Waals surface area contributed by atoms with E-state index >= 15 is 0 Å². The summed E-state index contributed by atoms with van der Waals surface area (Å²) in [5.41, 5.74) is 2.39. The summed E-state index contributed by atoms with van der Waals surface area (Å²) in [5, 5.41) is 13.4. The summed E-state index contributed by atoms with van der Waals surface area (Å²) < 4.78 is 29.8. The molecule has 30 heavy (non-hydrogen) atoms. The molecule has 2 aromatic carbocycles. The molecule has 1 heterocycles. The first-order valence-electron chi connectivity index (χ1n) is 9.25. The molecule has 0 saturated carbocycles. The van der Waals surface area contributed by atoms with E-state index in [9.17, 15) is 8.78 Å². The molecule has 0 saturated heterocycles. The summed E-state index contributed by atoms with van der Waals surface area (Å²) in [7, 11) is 0. The fraction of sp³-hybridized carbons (Fsp3) is 0.250. The molecule has 0 radical (unpaired) electrons. The van der Waals surface area contributed by atoms with E-state index in [2.05, 4.69) is 35.5 Å². The predicted molar refractivity (Wildman–Crippen MR) is 112 cm³/mol. The van der Waals surface area contributed by atoms with Gasteiger partial charge in [0.2, 0.25) is 0 Å². The third-order valence-electron chi connectivity index (χ3n) is 4.06. The van der Waals surface area contributed by atoms with E-state index in [1.54, 1.807) is 6.07 Å². The number of hydrogen-bond donors (Lipinski definition) is 3. The highest BCUT2D eigenvalue weighted by Crippen LogP contribution is 2.24. The highest BCUT2D eigenvalue weighted by atomic mass is 35.5. The van der Waals surface area contributed by atoms with E-state index in [1.165, 1.54) is 18.5 Å². The van der Waals surface area contributed by atoms with Crippen LogP contribution in [0, 0.1) is 0 Å². The number of halogens is 3. The van der Waals surface area contributed by atoms with Gasteiger partial charge in [-0.05, 0) is 36.8 Å². The first kappa shape index (κ1) is 21.5. The van der Waals surface area contributed by atoms with Crippen LogP contribution in [0.4, 0.5) is 8.78 Å². The molecule has 10 heteroatoms. The van der Waals surface area contributed by atoms with Crippen molar-refractivity contribution in [3.63, 3.8) is 0 Å². The Balaban J connectivity index is 1.70. The van der Waals surface area contributed by atoms with Crippen molar-refractivity contribution in [3.05, 3.63) is 64.9 Å². The molecule has 3 rings (SSSR count). The number of rotatable bonds is 8. The quantitative estimate of drug-likeness (QED) is 0.368. The lowest BCUT2D eigenvalue weighted by Gasteiger charge is -2.15. The van der Waals surface area contributed by atoms with Crippen LogP contribution in [0.3, 0.4) is 0 Å². The summed E-state index contributed by atoms with van der Waals surface area (Å²) >= 11 is 6.00. The van der Waals surface area contributed by atoms with Gasteiger partial charge < -0.3 is 15.4 Å². The molecular weight excluding hydrogens is 414 g/mol. The number of alkyl halides is 2. The number of ether oxygens (including phenoxy) is 1. The lowest BCUT2D eigenvalue weighted by molar-refractivity contribution is -0.0504. The zero-order valence-corrected chi connectivity index (χ0v) is 17.0. The van der Waals surface area contributed by atoms with Crippen molar-refractivity contribution in [1.82, 2.24) is 25.8 Å². The second-order valence-corrected chi connectivity index (χ2v) is 6.65. The van der Waals surface area contributed by atoms with E-state index in [-0.39, 0.29) is 12.3 Å². The Morgan fingerprint density at radius 2 is 2.10 bits per heavy atom. The Morgan fingerprint density at radius 1 is 1.23 bits per heavy atom. The Kier molecular flexibility index (Phi) is 7.56. The van der Waals surface area contributed by atoms with Crippen LogP contribution in [-0.2, 0) is 13.1 Å². The topological polar surface area (TPSA) is 87.2 Å². The first-order valence-corrected chi connectivity index (χ1v) is 9.63. The molecule has 3 N–H and O–H groups in total. The van der Waals surface area contributed by atoms with Crippen molar-refractivity contribution in [2.45, 2.75) is 26.6 Å². The van der Waals surface area contributed by atoms with E-state index in [4.69, 9.17) is 11.6 Å². The van der Waals surface area contributed by atoms with Crippen LogP contribution < -0.4 is 15.4 Å². The van der Waals surface area contributed by atoms with Gasteiger partial charge in [0.05, 0.1) is 6.54 Å². The number of nitrogens with zero attached hydrogens (tertiary/aromatic N) is 3. The average Bonchev–Trinajstić information content (AvgIpc) is 3.27. The minimum Gasteiger partial charge on any atom is -0.434 e. The number of aromatic nitrogens is 3. The van der Waals surface area contributed by atoms with Crippen LogP contribution in [0.25, 0.3) is 11.4 Å². The zero-order valence-electron chi connectivity index (χ0n) is 16.2. The molecule has 3 aromatic rings. The molecule has 0 spiro atoms. The van der Waals surface area contributed by atoms with Crippen LogP contribution in [-0.4, -0.2) is 34.3 Å². The Morgan fingerprint density at radius 3 is 2.83 bits per heavy atom. The van der Waals surface area contributed by atoms with E-state index < -0.39 is 6.61 Å². The zero-order chi connectivity index (χ0) is 21.3. The maximum absolute atomic E-state index is 12.6. The number of H-pyrrole nitrogens is 1. The number of aliphatic imine (C=N–C) groups is 1. The number of aromatic amines is 1. The van der Waals surface area contributed by atoms with Crippen molar-refractivity contribution in [3.8, 4) is 17.1 Å². The molecule has 0 aliphatic carbocycles. The van der Waals surface area contributed by atoms with E-state index in [0.717, 1.165) is 11.1 Å². The number of nitrogens with one attached hydrogen (secondary N) is 3. The Bertz CT molecular complexity index is 981. The maximum atomic E-state index is 12.6. The van der Waals surface area contributed by atoms with Crippen molar-refractivity contribution >= 4 is 17.6 Å². The van der Waals surface area contributed by atoms with Gasteiger partial charge in [0.15, 0.2) is 11.8 Å². The van der Waals surface area contributed by atoms with E-state index in [1.807, 2.05) is 31.2 Å². The van der Waals surface area contributed by atoms with Crippen LogP contribution in [0.5, 0.6) is 5.75 Å². The molecule has 7 nitrogen and oxygen atoms in total. The predicted octanol–water partition coefficient (Wildman–Crippen LogP) is 3.98. The van der Waals surface area contributed by atoms with Gasteiger partial charge in [-0.15, -0.1) is 0 Å². The summed E-state index contributed by atoms with van der Waals surface area (Å²) in [4.78, 5) is 8.71. The third kappa shape index (κ3) is 6.15. The lowest BCUT2D eigenvalue weighted by Crippen LogP contribution is -2.36. The largest absolute Gasteiger partial charge is 0.434 e. The second kappa shape index (κ2) is 10.5. The van der Waals surface area contributed by atoms with Gasteiger partial charge >= 0.3 is 6.61 Å². The monoisotopic (exact) mass is 434 g/mol. The molecule has 0 fully saturated rings. The molecule has 0 aliphatic heterocycles. The minimum atomic E-state index is -2.91. The smallest absolute Gasteiger partial charge is 0.387 e. The van der Waals surface area contributed by atoms with Crippen LogP contribution >= 0.6 is 11.6 Å². The molecular formula is C20H21ClF2N6O. The molecule has 0 atom stereocenters. The van der Waals surface area contributed by atoms with Gasteiger partial charge in [-0.1, -0.05) is 29.8 Å². The second-order valence-electron chi connectivity index (χ2n) is 6.21. The fourth-order valence-corrected chi connectivity index (χ4v) is 2.94. The Hall–Kier alpha value is -3.20. The van der Waals surface area contributed by atoms with Crippen LogP contribution in [0.15, 0.2) is 53.8 Å². The molecule has 1 aromatic heterocycles. The minimum absolute atomic E-state index is 0.0671. The molecule has 158 valence electrons. The maximum Gasteiger partial charge on any atom is 0.387 e. The third-order valence-corrected chi connectivity index (χ3v) is 4.30. The summed E-state index contributed by atoms with van der Waals surface area (Å²) in [6.45, 7) is 0.287. The number of hydrogen-bond acceptors (Lipinski definition) is 4. The SMILES string of the molecule is CCNC(=NCc1cccc(-c2ncn[nH]2)c1)NCc1cc(Cl)ccc1OC(F)F. The summed E-state index contributed by atoms with van der Waals surface area (Å²) in [5.74, 6) is 1.28. The molecule has 0 aliphatic rings. The van der Waals surface area contributed by atoms with Crippen molar-refractivity contribution in [1.29, 1.82) is 0 Å². The van der Waals surface area contributed by atoms with Gasteiger partial charge in [0.25, 0.3) is 0 Å². The standard InChI is InChI=1S/C20H21ClF2N6O/c1-2-24-20(26-11-15-9-16(21)6-7-17(15)30-19(22)23)25-10-13-4-3-5-14(8-13)18-27-12-28-29-18/h3-9,12,19H,2,10-11H2,1H3,(H2,24,25,26)(H,27,28,29). The van der Waals surface area contributed by atoms with Crippen molar-refractivity contribution < 1.29 is 13.5 Å². The Labute approximate surface area is 177 Å². The van der Waals surface area contributed by atoms with Gasteiger partial charge in [0, 0.05) is 29.2 Å². The highest BCUT2D eigenvalue weighted by Gasteiger charge is 2.11. The van der Waals surface area contributed by atoms with Gasteiger partial charge in [-0.25, -0.2) is 9.98 Å². The van der Waals surface area contributed by atoms with Crippen molar-refractivity contribution in [2.75, 3.05) is 6.54 Å². The van der Waals surface area contributed by atoms with Gasteiger partial charge in [-0.3, -0.25) is 5.10 Å². The first-order chi connectivity index (χ1) is 14.5. The van der Waals surface area contributed by atoms with Crippen molar-refractivity contribution in [2.24, 2.45) is 4.99 Å². The average molecular weight is 435 g/mol. The molecule has 0 bridgehead atoms. The normalized spacial score (nSPS) is 11.6.